The standard InChI is InChI=1S/C20H20F6/c1-11-6-7-16(8-12(11)2)18(19(21,22)23,20(24,25)26)17-9-13(3)15(5)14(4)10-17/h6-10H,1-5H3. The molecule has 0 heterocycles. The summed E-state index contributed by atoms with van der Waals surface area (Å²) >= 11 is 0. The van der Waals surface area contributed by atoms with E-state index in [0.717, 1.165) is 24.3 Å². The van der Waals surface area contributed by atoms with Crippen LogP contribution in [0.4, 0.5) is 26.3 Å². The Hall–Kier alpha value is -1.98. The molecule has 0 aliphatic carbocycles. The molecule has 0 aliphatic rings. The Balaban J connectivity index is 3.01. The van der Waals surface area contributed by atoms with E-state index in [4.69, 9.17) is 0 Å². The van der Waals surface area contributed by atoms with Crippen LogP contribution in [-0.2, 0) is 5.41 Å². The smallest absolute Gasteiger partial charge is 0.169 e. The first-order valence-corrected chi connectivity index (χ1v) is 8.03. The quantitative estimate of drug-likeness (QED) is 0.517. The lowest BCUT2D eigenvalue weighted by atomic mass is 9.71. The molecular weight excluding hydrogens is 354 g/mol. The molecular formula is C20H20F6. The summed E-state index contributed by atoms with van der Waals surface area (Å²) in [5.41, 5.74) is -3.24. The Kier molecular flexibility index (Phi) is 4.94. The van der Waals surface area contributed by atoms with Crippen molar-refractivity contribution in [1.82, 2.24) is 0 Å². The molecule has 2 aromatic carbocycles. The van der Waals surface area contributed by atoms with E-state index in [1.54, 1.807) is 13.8 Å². The summed E-state index contributed by atoms with van der Waals surface area (Å²) in [6.45, 7) is 7.85. The molecule has 0 bridgehead atoms. The second kappa shape index (κ2) is 6.32. The average Bonchev–Trinajstić information content (AvgIpc) is 2.46. The molecule has 0 radical (unpaired) electrons. The molecule has 2 aromatic rings. The highest BCUT2D eigenvalue weighted by Gasteiger charge is 2.72. The van der Waals surface area contributed by atoms with Crippen molar-refractivity contribution >= 4 is 0 Å². The molecule has 0 aromatic heterocycles. The first-order chi connectivity index (χ1) is 11.7. The van der Waals surface area contributed by atoms with Gasteiger partial charge in [-0.25, -0.2) is 0 Å². The van der Waals surface area contributed by atoms with Crippen LogP contribution in [0.15, 0.2) is 30.3 Å². The predicted octanol–water partition coefficient (Wildman–Crippen LogP) is 6.64. The Labute approximate surface area is 148 Å². The highest BCUT2D eigenvalue weighted by Crippen LogP contribution is 2.56. The third-order valence-electron chi connectivity index (χ3n) is 5.15. The van der Waals surface area contributed by atoms with Crippen LogP contribution in [0.2, 0.25) is 0 Å². The van der Waals surface area contributed by atoms with E-state index in [-0.39, 0.29) is 0 Å². The van der Waals surface area contributed by atoms with Crippen molar-refractivity contribution in [2.24, 2.45) is 0 Å². The maximum absolute atomic E-state index is 14.1. The van der Waals surface area contributed by atoms with E-state index in [0.29, 0.717) is 27.8 Å². The minimum Gasteiger partial charge on any atom is -0.169 e. The molecule has 0 fully saturated rings. The van der Waals surface area contributed by atoms with Gasteiger partial charge in [0.05, 0.1) is 0 Å². The summed E-state index contributed by atoms with van der Waals surface area (Å²) in [6, 6.07) is 5.20. The summed E-state index contributed by atoms with van der Waals surface area (Å²) < 4.78 is 84.7. The van der Waals surface area contributed by atoms with Gasteiger partial charge >= 0.3 is 12.4 Å². The Morgan fingerprint density at radius 2 is 0.962 bits per heavy atom. The third kappa shape index (κ3) is 2.99. The Bertz CT molecular complexity index is 790. The third-order valence-corrected chi connectivity index (χ3v) is 5.15. The molecule has 0 saturated carbocycles. The number of hydrogen-bond acceptors (Lipinski definition) is 0. The van der Waals surface area contributed by atoms with Crippen molar-refractivity contribution < 1.29 is 26.3 Å². The van der Waals surface area contributed by atoms with E-state index >= 15 is 0 Å². The van der Waals surface area contributed by atoms with Crippen LogP contribution in [0, 0.1) is 34.6 Å². The summed E-state index contributed by atoms with van der Waals surface area (Å²) in [7, 11) is 0. The molecule has 0 N–H and O–H groups in total. The van der Waals surface area contributed by atoms with Crippen LogP contribution >= 0.6 is 0 Å². The van der Waals surface area contributed by atoms with Gasteiger partial charge in [0.1, 0.15) is 0 Å². The second-order valence-corrected chi connectivity index (χ2v) is 6.78. The van der Waals surface area contributed by atoms with Crippen LogP contribution in [0.1, 0.15) is 38.9 Å². The van der Waals surface area contributed by atoms with Gasteiger partial charge in [0.25, 0.3) is 0 Å². The highest BCUT2D eigenvalue weighted by atomic mass is 19.4. The fourth-order valence-corrected chi connectivity index (χ4v) is 3.21. The maximum Gasteiger partial charge on any atom is 0.411 e. The minimum absolute atomic E-state index is 0.376. The zero-order valence-corrected chi connectivity index (χ0v) is 15.2. The minimum atomic E-state index is -5.55. The zero-order chi connectivity index (χ0) is 20.1. The normalized spacial score (nSPS) is 13.2. The van der Waals surface area contributed by atoms with E-state index in [1.807, 2.05) is 0 Å². The van der Waals surface area contributed by atoms with Gasteiger partial charge in [0.15, 0.2) is 0 Å². The maximum atomic E-state index is 14.1. The lowest BCUT2D eigenvalue weighted by Crippen LogP contribution is -2.55. The monoisotopic (exact) mass is 374 g/mol. The number of aryl methyl sites for hydroxylation is 4. The van der Waals surface area contributed by atoms with Gasteiger partial charge in [-0.15, -0.1) is 0 Å². The van der Waals surface area contributed by atoms with Gasteiger partial charge < -0.3 is 0 Å². The van der Waals surface area contributed by atoms with Crippen LogP contribution < -0.4 is 0 Å². The molecule has 6 heteroatoms. The van der Waals surface area contributed by atoms with Crippen LogP contribution in [0.25, 0.3) is 0 Å². The zero-order valence-electron chi connectivity index (χ0n) is 15.2. The molecule has 0 unspecified atom stereocenters. The Morgan fingerprint density at radius 3 is 1.35 bits per heavy atom. The molecule has 142 valence electrons. The van der Waals surface area contributed by atoms with Crippen LogP contribution in [0.3, 0.4) is 0 Å². The molecule has 0 saturated heterocycles. The average molecular weight is 374 g/mol. The van der Waals surface area contributed by atoms with Gasteiger partial charge in [0.2, 0.25) is 5.41 Å². The SMILES string of the molecule is Cc1ccc(C(c2cc(C)c(C)c(C)c2)(C(F)(F)F)C(F)(F)F)cc1C. The predicted molar refractivity (Wildman–Crippen MR) is 89.5 cm³/mol. The molecule has 0 amide bonds. The molecule has 0 atom stereocenters. The largest absolute Gasteiger partial charge is 0.411 e. The lowest BCUT2D eigenvalue weighted by Gasteiger charge is -2.39. The molecule has 0 spiro atoms. The summed E-state index contributed by atoms with van der Waals surface area (Å²) in [5.74, 6) is 0. The molecule has 0 nitrogen and oxygen atoms in total. The van der Waals surface area contributed by atoms with Crippen molar-refractivity contribution in [3.05, 3.63) is 69.3 Å². The fourth-order valence-electron chi connectivity index (χ4n) is 3.21. The van der Waals surface area contributed by atoms with Crippen molar-refractivity contribution in [1.29, 1.82) is 0 Å². The summed E-state index contributed by atoms with van der Waals surface area (Å²) in [5, 5.41) is 0. The van der Waals surface area contributed by atoms with E-state index in [1.165, 1.54) is 26.8 Å². The van der Waals surface area contributed by atoms with Crippen molar-refractivity contribution in [2.45, 2.75) is 52.4 Å². The topological polar surface area (TPSA) is 0 Å². The number of rotatable bonds is 2. The van der Waals surface area contributed by atoms with E-state index in [2.05, 4.69) is 0 Å². The lowest BCUT2D eigenvalue weighted by molar-refractivity contribution is -0.288. The van der Waals surface area contributed by atoms with Crippen LogP contribution in [0.5, 0.6) is 0 Å². The number of hydrogen-bond donors (Lipinski definition) is 0. The second-order valence-electron chi connectivity index (χ2n) is 6.78. The summed E-state index contributed by atoms with van der Waals surface area (Å²) in [6.07, 6.45) is -11.1. The van der Waals surface area contributed by atoms with Crippen LogP contribution in [-0.4, -0.2) is 12.4 Å². The summed E-state index contributed by atoms with van der Waals surface area (Å²) in [4.78, 5) is 0. The van der Waals surface area contributed by atoms with Gasteiger partial charge in [-0.05, 0) is 73.6 Å². The first kappa shape index (κ1) is 20.3. The Morgan fingerprint density at radius 1 is 0.538 bits per heavy atom. The van der Waals surface area contributed by atoms with Crippen molar-refractivity contribution in [3.63, 3.8) is 0 Å². The molecule has 26 heavy (non-hydrogen) atoms. The number of benzene rings is 2. The van der Waals surface area contributed by atoms with E-state index < -0.39 is 28.9 Å². The molecule has 2 rings (SSSR count). The van der Waals surface area contributed by atoms with Crippen molar-refractivity contribution in [3.8, 4) is 0 Å². The number of halogens is 6. The highest BCUT2D eigenvalue weighted by molar-refractivity contribution is 5.50. The molecule has 0 aliphatic heterocycles. The van der Waals surface area contributed by atoms with Gasteiger partial charge in [0, 0.05) is 0 Å². The fraction of sp³-hybridized carbons (Fsp3) is 0.400. The van der Waals surface area contributed by atoms with Gasteiger partial charge in [-0.2, -0.15) is 26.3 Å². The number of alkyl halides is 6. The van der Waals surface area contributed by atoms with Crippen molar-refractivity contribution in [2.75, 3.05) is 0 Å². The van der Waals surface area contributed by atoms with Gasteiger partial charge in [-0.1, -0.05) is 30.3 Å². The van der Waals surface area contributed by atoms with Gasteiger partial charge in [-0.3, -0.25) is 0 Å². The van der Waals surface area contributed by atoms with E-state index in [9.17, 15) is 26.3 Å². The first-order valence-electron chi connectivity index (χ1n) is 8.03.